The summed E-state index contributed by atoms with van der Waals surface area (Å²) >= 11 is 0. The maximum atomic E-state index is 10.0. The second kappa shape index (κ2) is 4.26. The molecule has 0 bridgehead atoms. The van der Waals surface area contributed by atoms with E-state index in [4.69, 9.17) is 5.11 Å². The van der Waals surface area contributed by atoms with Crippen LogP contribution in [0.1, 0.15) is 6.42 Å². The lowest BCUT2D eigenvalue weighted by molar-refractivity contribution is -0.152. The third kappa shape index (κ3) is 3.30. The quantitative estimate of drug-likeness (QED) is 0.225. The number of aliphatic hydroxyl groups excluding tert-OH is 1. The highest BCUT2D eigenvalue weighted by Crippen LogP contribution is 1.78. The van der Waals surface area contributed by atoms with Crippen molar-refractivity contribution < 1.29 is 19.4 Å². The van der Waals surface area contributed by atoms with Crippen LogP contribution in [0.2, 0.25) is 0 Å². The van der Waals surface area contributed by atoms with Crippen molar-refractivity contribution >= 4 is 12.3 Å². The normalized spacial score (nSPS) is 8.12. The lowest BCUT2D eigenvalue weighted by atomic mass is 10.5. The molecule has 0 heterocycles. The van der Waals surface area contributed by atoms with Crippen molar-refractivity contribution in [3.63, 3.8) is 0 Å². The lowest BCUT2D eigenvalue weighted by Gasteiger charge is -1.92. The maximum Gasteiger partial charge on any atom is 0.315 e. The number of hydrogen-bond acceptors (Lipinski definition) is 4. The van der Waals surface area contributed by atoms with Crippen molar-refractivity contribution in [1.29, 1.82) is 0 Å². The molecule has 0 saturated carbocycles. The number of aliphatic hydroxyl groups is 1. The maximum absolute atomic E-state index is 10.0. The van der Waals surface area contributed by atoms with E-state index in [1.807, 2.05) is 0 Å². The molecule has 4 heteroatoms. The standard InChI is InChI=1S/C4H6O4/c5-2-1-4(7)8-3-6/h2,6H,1,3H2. The molecule has 46 valence electrons. The number of ether oxygens (including phenoxy) is 1. The van der Waals surface area contributed by atoms with Crippen molar-refractivity contribution in [3.05, 3.63) is 0 Å². The number of carbonyl (C=O) groups excluding carboxylic acids is 2. The lowest BCUT2D eigenvalue weighted by Crippen LogP contribution is -2.04. The molecule has 0 aromatic rings. The number of rotatable bonds is 3. The molecule has 0 saturated heterocycles. The Labute approximate surface area is 46.1 Å². The first-order valence-electron chi connectivity index (χ1n) is 2.01. The van der Waals surface area contributed by atoms with Gasteiger partial charge in [-0.3, -0.25) is 4.79 Å². The average molecular weight is 118 g/mol. The van der Waals surface area contributed by atoms with Gasteiger partial charge in [0.05, 0.1) is 0 Å². The van der Waals surface area contributed by atoms with E-state index in [0.29, 0.717) is 6.29 Å². The first kappa shape index (κ1) is 7.10. The molecule has 0 aromatic heterocycles. The van der Waals surface area contributed by atoms with Crippen molar-refractivity contribution in [1.82, 2.24) is 0 Å². The summed E-state index contributed by atoms with van der Waals surface area (Å²) in [5.41, 5.74) is 0. The molecule has 1 N–H and O–H groups in total. The fraction of sp³-hybridized carbons (Fsp3) is 0.500. The Morgan fingerprint density at radius 2 is 2.38 bits per heavy atom. The Kier molecular flexibility index (Phi) is 3.78. The zero-order chi connectivity index (χ0) is 6.41. The highest BCUT2D eigenvalue weighted by molar-refractivity contribution is 5.83. The van der Waals surface area contributed by atoms with Gasteiger partial charge in [-0.25, -0.2) is 0 Å². The van der Waals surface area contributed by atoms with Crippen LogP contribution in [0.25, 0.3) is 0 Å². The number of aldehydes is 1. The Bertz CT molecular complexity index is 88.0. The predicted molar refractivity (Wildman–Crippen MR) is 23.9 cm³/mol. The Morgan fingerprint density at radius 3 is 2.75 bits per heavy atom. The van der Waals surface area contributed by atoms with Crippen molar-refractivity contribution in [3.8, 4) is 0 Å². The first-order valence-corrected chi connectivity index (χ1v) is 2.01. The van der Waals surface area contributed by atoms with Crippen LogP contribution in [-0.2, 0) is 14.3 Å². The molecule has 0 aliphatic heterocycles. The summed E-state index contributed by atoms with van der Waals surface area (Å²) in [7, 11) is 0. The molecule has 0 radical (unpaired) electrons. The minimum atomic E-state index is -0.706. The van der Waals surface area contributed by atoms with Gasteiger partial charge in [0, 0.05) is 0 Å². The van der Waals surface area contributed by atoms with Gasteiger partial charge in [-0.15, -0.1) is 0 Å². The van der Waals surface area contributed by atoms with Gasteiger partial charge in [0.15, 0.2) is 6.79 Å². The van der Waals surface area contributed by atoms with E-state index < -0.39 is 12.8 Å². The molecule has 8 heavy (non-hydrogen) atoms. The summed E-state index contributed by atoms with van der Waals surface area (Å²) in [6.07, 6.45) is 0.124. The van der Waals surface area contributed by atoms with Gasteiger partial charge in [-0.2, -0.15) is 0 Å². The zero-order valence-corrected chi connectivity index (χ0v) is 4.16. The summed E-state index contributed by atoms with van der Waals surface area (Å²) in [5, 5.41) is 7.90. The SMILES string of the molecule is O=CCC(=O)OCO. The highest BCUT2D eigenvalue weighted by atomic mass is 16.6. The third-order valence-corrected chi connectivity index (χ3v) is 0.476. The largest absolute Gasteiger partial charge is 0.438 e. The third-order valence-electron chi connectivity index (χ3n) is 0.476. The summed E-state index contributed by atoms with van der Waals surface area (Å²) in [6, 6.07) is 0. The van der Waals surface area contributed by atoms with Crippen LogP contribution >= 0.6 is 0 Å². The van der Waals surface area contributed by atoms with Crippen molar-refractivity contribution in [2.75, 3.05) is 6.79 Å². The van der Waals surface area contributed by atoms with Crippen LogP contribution < -0.4 is 0 Å². The van der Waals surface area contributed by atoms with Gasteiger partial charge in [-0.1, -0.05) is 0 Å². The Balaban J connectivity index is 3.18. The molecule has 0 rings (SSSR count). The van der Waals surface area contributed by atoms with Crippen LogP contribution in [-0.4, -0.2) is 24.2 Å². The molecule has 0 unspecified atom stereocenters. The van der Waals surface area contributed by atoms with E-state index in [0.717, 1.165) is 0 Å². The van der Waals surface area contributed by atoms with E-state index in [1.54, 1.807) is 0 Å². The van der Waals surface area contributed by atoms with Gasteiger partial charge in [0.25, 0.3) is 0 Å². The van der Waals surface area contributed by atoms with E-state index in [-0.39, 0.29) is 6.42 Å². The van der Waals surface area contributed by atoms with Gasteiger partial charge >= 0.3 is 5.97 Å². The van der Waals surface area contributed by atoms with E-state index >= 15 is 0 Å². The van der Waals surface area contributed by atoms with Gasteiger partial charge in [-0.05, 0) is 0 Å². The molecule has 0 aromatic carbocycles. The zero-order valence-electron chi connectivity index (χ0n) is 4.16. The van der Waals surface area contributed by atoms with E-state index in [2.05, 4.69) is 4.74 Å². The highest BCUT2D eigenvalue weighted by Gasteiger charge is 1.96. The molecular formula is C4H6O4. The Morgan fingerprint density at radius 1 is 1.75 bits per heavy atom. The van der Waals surface area contributed by atoms with E-state index in [9.17, 15) is 9.59 Å². The summed E-state index contributed by atoms with van der Waals surface area (Å²) in [5.74, 6) is -0.706. The van der Waals surface area contributed by atoms with Crippen LogP contribution in [0.4, 0.5) is 0 Å². The van der Waals surface area contributed by atoms with Gasteiger partial charge < -0.3 is 14.6 Å². The topological polar surface area (TPSA) is 63.6 Å². The summed E-state index contributed by atoms with van der Waals surface area (Å²) in [4.78, 5) is 19.5. The minimum Gasteiger partial charge on any atom is -0.438 e. The first-order chi connectivity index (χ1) is 3.81. The summed E-state index contributed by atoms with van der Waals surface area (Å²) < 4.78 is 3.97. The smallest absolute Gasteiger partial charge is 0.315 e. The van der Waals surface area contributed by atoms with E-state index in [1.165, 1.54) is 0 Å². The molecule has 0 fully saturated rings. The Hall–Kier alpha value is -0.900. The van der Waals surface area contributed by atoms with Crippen molar-refractivity contribution in [2.45, 2.75) is 6.42 Å². The molecule has 0 amide bonds. The number of carbonyl (C=O) groups is 2. The van der Waals surface area contributed by atoms with Crippen LogP contribution in [0.3, 0.4) is 0 Å². The summed E-state index contributed by atoms with van der Waals surface area (Å²) in [6.45, 7) is -0.660. The minimum absolute atomic E-state index is 0.291. The molecular weight excluding hydrogens is 112 g/mol. The van der Waals surface area contributed by atoms with Crippen molar-refractivity contribution in [2.24, 2.45) is 0 Å². The monoisotopic (exact) mass is 118 g/mol. The molecule has 4 nitrogen and oxygen atoms in total. The molecule has 0 aliphatic carbocycles. The van der Waals surface area contributed by atoms with Crippen LogP contribution in [0.5, 0.6) is 0 Å². The second-order valence-corrected chi connectivity index (χ2v) is 1.02. The van der Waals surface area contributed by atoms with Crippen LogP contribution in [0, 0.1) is 0 Å². The predicted octanol–water partition coefficient (Wildman–Crippen LogP) is -0.932. The molecule has 0 spiro atoms. The van der Waals surface area contributed by atoms with Gasteiger partial charge in [0.2, 0.25) is 0 Å². The number of hydrogen-bond donors (Lipinski definition) is 1. The van der Waals surface area contributed by atoms with Gasteiger partial charge in [0.1, 0.15) is 12.7 Å². The van der Waals surface area contributed by atoms with Crippen LogP contribution in [0.15, 0.2) is 0 Å². The second-order valence-electron chi connectivity index (χ2n) is 1.02. The fourth-order valence-corrected chi connectivity index (χ4v) is 0.199. The molecule has 0 aliphatic rings. The molecule has 0 atom stereocenters. The average Bonchev–Trinajstić information content (AvgIpc) is 1.68. The number of esters is 1. The fourth-order valence-electron chi connectivity index (χ4n) is 0.199.